The van der Waals surface area contributed by atoms with Crippen molar-refractivity contribution in [3.63, 3.8) is 0 Å². The Morgan fingerprint density at radius 1 is 1.31 bits per heavy atom. The van der Waals surface area contributed by atoms with Crippen LogP contribution >= 0.6 is 15.9 Å². The molecule has 88 valence electrons. The highest BCUT2D eigenvalue weighted by atomic mass is 79.9. The molecule has 0 atom stereocenters. The molecule has 1 N–H and O–H groups in total. The third kappa shape index (κ3) is 3.98. The molecular formula is C11H11BrF3N. The summed E-state index contributed by atoms with van der Waals surface area (Å²) in [5.41, 5.74) is -0.355. The van der Waals surface area contributed by atoms with Gasteiger partial charge in [-0.3, -0.25) is 0 Å². The molecular weight excluding hydrogens is 283 g/mol. The second-order valence-electron chi connectivity index (χ2n) is 3.28. The van der Waals surface area contributed by atoms with Gasteiger partial charge in [-0.25, -0.2) is 0 Å². The first-order valence-electron chi connectivity index (χ1n) is 4.60. The second-order valence-corrected chi connectivity index (χ2v) is 4.40. The van der Waals surface area contributed by atoms with Crippen molar-refractivity contribution in [2.75, 3.05) is 6.54 Å². The molecule has 16 heavy (non-hydrogen) atoms. The molecule has 0 aliphatic rings. The minimum Gasteiger partial charge on any atom is -0.308 e. The van der Waals surface area contributed by atoms with Crippen molar-refractivity contribution >= 4 is 15.9 Å². The fourth-order valence-electron chi connectivity index (χ4n) is 1.28. The first kappa shape index (κ1) is 13.3. The Morgan fingerprint density at radius 2 is 1.94 bits per heavy atom. The van der Waals surface area contributed by atoms with E-state index in [1.54, 1.807) is 6.07 Å². The van der Waals surface area contributed by atoms with Gasteiger partial charge in [0, 0.05) is 17.6 Å². The van der Waals surface area contributed by atoms with E-state index in [0.29, 0.717) is 11.0 Å². The van der Waals surface area contributed by atoms with E-state index < -0.39 is 11.7 Å². The summed E-state index contributed by atoms with van der Waals surface area (Å²) in [6, 6.07) is 5.53. The minimum absolute atomic E-state index is 0.167. The maximum atomic E-state index is 12.6. The van der Waals surface area contributed by atoms with Crippen molar-refractivity contribution < 1.29 is 13.2 Å². The zero-order valence-corrected chi connectivity index (χ0v) is 10.0. The number of alkyl halides is 3. The van der Waals surface area contributed by atoms with Crippen molar-refractivity contribution in [2.45, 2.75) is 12.7 Å². The van der Waals surface area contributed by atoms with Crippen LogP contribution < -0.4 is 5.32 Å². The first-order valence-corrected chi connectivity index (χ1v) is 5.39. The Bertz CT molecular complexity index is 374. The predicted molar refractivity (Wildman–Crippen MR) is 61.2 cm³/mol. The summed E-state index contributed by atoms with van der Waals surface area (Å²) in [6.45, 7) is 4.19. The second kappa shape index (κ2) is 5.50. The Labute approximate surface area is 100 Å². The van der Waals surface area contributed by atoms with Gasteiger partial charge in [0.15, 0.2) is 0 Å². The highest BCUT2D eigenvalue weighted by molar-refractivity contribution is 9.11. The summed E-state index contributed by atoms with van der Waals surface area (Å²) in [6.07, 6.45) is -4.30. The van der Waals surface area contributed by atoms with Gasteiger partial charge in [0.2, 0.25) is 0 Å². The van der Waals surface area contributed by atoms with Crippen LogP contribution in [0.25, 0.3) is 0 Å². The van der Waals surface area contributed by atoms with Crippen LogP contribution in [-0.4, -0.2) is 6.54 Å². The number of hydrogen-bond donors (Lipinski definition) is 1. The van der Waals surface area contributed by atoms with E-state index in [1.807, 2.05) is 0 Å². The Balaban J connectivity index is 2.76. The Hall–Kier alpha value is -0.810. The summed E-state index contributed by atoms with van der Waals surface area (Å²) in [5.74, 6) is 0. The zero-order valence-electron chi connectivity index (χ0n) is 8.44. The standard InChI is InChI=1S/C11H11BrF3N/c1-8(12)6-16-7-9-4-2-3-5-10(9)11(13,14)15/h2-5,16H,1,6-7H2. The van der Waals surface area contributed by atoms with Gasteiger partial charge in [0.1, 0.15) is 0 Å². The monoisotopic (exact) mass is 293 g/mol. The Morgan fingerprint density at radius 3 is 2.50 bits per heavy atom. The van der Waals surface area contributed by atoms with Crippen molar-refractivity contribution in [1.82, 2.24) is 5.32 Å². The SMILES string of the molecule is C=C(Br)CNCc1ccccc1C(F)(F)F. The molecule has 0 fully saturated rings. The fraction of sp³-hybridized carbons (Fsp3) is 0.273. The van der Waals surface area contributed by atoms with E-state index in [0.717, 1.165) is 6.07 Å². The summed E-state index contributed by atoms with van der Waals surface area (Å²) in [7, 11) is 0. The molecule has 0 aliphatic heterocycles. The lowest BCUT2D eigenvalue weighted by molar-refractivity contribution is -0.138. The van der Waals surface area contributed by atoms with Crippen LogP contribution in [0.1, 0.15) is 11.1 Å². The molecule has 0 bridgehead atoms. The third-order valence-corrected chi connectivity index (χ3v) is 2.24. The quantitative estimate of drug-likeness (QED) is 0.892. The largest absolute Gasteiger partial charge is 0.416 e. The zero-order chi connectivity index (χ0) is 12.2. The van der Waals surface area contributed by atoms with E-state index in [-0.39, 0.29) is 12.1 Å². The lowest BCUT2D eigenvalue weighted by atomic mass is 10.1. The molecule has 1 aromatic rings. The van der Waals surface area contributed by atoms with Gasteiger partial charge in [-0.05, 0) is 11.6 Å². The summed E-state index contributed by atoms with van der Waals surface area (Å²) >= 11 is 3.13. The summed E-state index contributed by atoms with van der Waals surface area (Å²) in [5, 5.41) is 2.87. The average Bonchev–Trinajstić information content (AvgIpc) is 2.16. The van der Waals surface area contributed by atoms with Crippen molar-refractivity contribution in [2.24, 2.45) is 0 Å². The van der Waals surface area contributed by atoms with Crippen LogP contribution in [-0.2, 0) is 12.7 Å². The number of benzene rings is 1. The van der Waals surface area contributed by atoms with Crippen LogP contribution in [0.4, 0.5) is 13.2 Å². The molecule has 0 aliphatic carbocycles. The molecule has 5 heteroatoms. The molecule has 1 nitrogen and oxygen atoms in total. The van der Waals surface area contributed by atoms with E-state index in [2.05, 4.69) is 27.8 Å². The molecule has 0 radical (unpaired) electrons. The van der Waals surface area contributed by atoms with Crippen LogP contribution in [0.15, 0.2) is 35.3 Å². The molecule has 0 heterocycles. The van der Waals surface area contributed by atoms with E-state index >= 15 is 0 Å². The maximum Gasteiger partial charge on any atom is 0.416 e. The maximum absolute atomic E-state index is 12.6. The van der Waals surface area contributed by atoms with Gasteiger partial charge in [0.25, 0.3) is 0 Å². The molecule has 0 spiro atoms. The van der Waals surface area contributed by atoms with Crippen LogP contribution in [0.3, 0.4) is 0 Å². The van der Waals surface area contributed by atoms with Crippen LogP contribution in [0.2, 0.25) is 0 Å². The molecule has 0 saturated heterocycles. The normalized spacial score (nSPS) is 11.5. The van der Waals surface area contributed by atoms with Gasteiger partial charge >= 0.3 is 6.18 Å². The van der Waals surface area contributed by atoms with E-state index in [9.17, 15) is 13.2 Å². The summed E-state index contributed by atoms with van der Waals surface area (Å²) in [4.78, 5) is 0. The lowest BCUT2D eigenvalue weighted by Gasteiger charge is -2.12. The first-order chi connectivity index (χ1) is 7.41. The number of hydrogen-bond acceptors (Lipinski definition) is 1. The van der Waals surface area contributed by atoms with Crippen molar-refractivity contribution in [3.8, 4) is 0 Å². The van der Waals surface area contributed by atoms with E-state index in [4.69, 9.17) is 0 Å². The number of nitrogens with one attached hydrogen (secondary N) is 1. The van der Waals surface area contributed by atoms with Gasteiger partial charge in [-0.1, -0.05) is 40.7 Å². The van der Waals surface area contributed by atoms with Gasteiger partial charge < -0.3 is 5.32 Å². The molecule has 0 unspecified atom stereocenters. The van der Waals surface area contributed by atoms with Gasteiger partial charge in [-0.2, -0.15) is 13.2 Å². The van der Waals surface area contributed by atoms with Gasteiger partial charge in [0.05, 0.1) is 5.56 Å². The molecule has 1 rings (SSSR count). The topological polar surface area (TPSA) is 12.0 Å². The van der Waals surface area contributed by atoms with E-state index in [1.165, 1.54) is 12.1 Å². The lowest BCUT2D eigenvalue weighted by Crippen LogP contribution is -2.18. The average molecular weight is 294 g/mol. The smallest absolute Gasteiger partial charge is 0.308 e. The third-order valence-electron chi connectivity index (χ3n) is 1.96. The number of halogens is 4. The van der Waals surface area contributed by atoms with Crippen molar-refractivity contribution in [3.05, 3.63) is 46.5 Å². The minimum atomic E-state index is -4.30. The number of rotatable bonds is 4. The van der Waals surface area contributed by atoms with Crippen molar-refractivity contribution in [1.29, 1.82) is 0 Å². The molecule has 0 aromatic heterocycles. The molecule has 0 amide bonds. The van der Waals surface area contributed by atoms with Crippen LogP contribution in [0.5, 0.6) is 0 Å². The fourth-order valence-corrected chi connectivity index (χ4v) is 1.48. The van der Waals surface area contributed by atoms with Gasteiger partial charge in [-0.15, -0.1) is 0 Å². The van der Waals surface area contributed by atoms with Crippen LogP contribution in [0, 0.1) is 0 Å². The predicted octanol–water partition coefficient (Wildman–Crippen LogP) is 3.70. The molecule has 0 saturated carbocycles. The summed E-state index contributed by atoms with van der Waals surface area (Å²) < 4.78 is 38.4. The Kier molecular flexibility index (Phi) is 4.56. The highest BCUT2D eigenvalue weighted by Crippen LogP contribution is 2.31. The highest BCUT2D eigenvalue weighted by Gasteiger charge is 2.32. The molecule has 1 aromatic carbocycles.